The predicted molar refractivity (Wildman–Crippen MR) is 68.4 cm³/mol. The van der Waals surface area contributed by atoms with E-state index in [1.807, 2.05) is 13.8 Å². The minimum atomic E-state index is -0.100. The SMILES string of the molecule is Cc1c(Cl)cccc1C(=O)NCC(C)CCl. The van der Waals surface area contributed by atoms with Crippen LogP contribution in [0.5, 0.6) is 0 Å². The Hall–Kier alpha value is -0.730. The van der Waals surface area contributed by atoms with Gasteiger partial charge in [0.15, 0.2) is 0 Å². The maximum atomic E-state index is 11.8. The Kier molecular flexibility index (Phi) is 5.10. The van der Waals surface area contributed by atoms with Gasteiger partial charge in [-0.15, -0.1) is 11.6 Å². The maximum absolute atomic E-state index is 11.8. The minimum Gasteiger partial charge on any atom is -0.352 e. The average molecular weight is 260 g/mol. The van der Waals surface area contributed by atoms with Crippen molar-refractivity contribution in [2.75, 3.05) is 12.4 Å². The predicted octanol–water partition coefficient (Wildman–Crippen LogP) is 3.25. The van der Waals surface area contributed by atoms with E-state index < -0.39 is 0 Å². The lowest BCUT2D eigenvalue weighted by Gasteiger charge is -2.11. The summed E-state index contributed by atoms with van der Waals surface area (Å²) in [6, 6.07) is 5.31. The Morgan fingerprint density at radius 3 is 2.81 bits per heavy atom. The Bertz CT molecular complexity index is 379. The fourth-order valence-electron chi connectivity index (χ4n) is 1.27. The van der Waals surface area contributed by atoms with Crippen molar-refractivity contribution in [2.24, 2.45) is 5.92 Å². The molecule has 1 rings (SSSR count). The molecule has 0 aromatic heterocycles. The molecule has 1 N–H and O–H groups in total. The number of alkyl halides is 1. The standard InChI is InChI=1S/C12H15Cl2NO/c1-8(6-13)7-15-12(16)10-4-3-5-11(14)9(10)2/h3-5,8H,6-7H2,1-2H3,(H,15,16). The van der Waals surface area contributed by atoms with Crippen LogP contribution >= 0.6 is 23.2 Å². The van der Waals surface area contributed by atoms with Crippen molar-refractivity contribution in [2.45, 2.75) is 13.8 Å². The van der Waals surface area contributed by atoms with E-state index in [0.717, 1.165) is 5.56 Å². The highest BCUT2D eigenvalue weighted by molar-refractivity contribution is 6.31. The van der Waals surface area contributed by atoms with Crippen molar-refractivity contribution in [3.63, 3.8) is 0 Å². The van der Waals surface area contributed by atoms with Crippen molar-refractivity contribution in [3.8, 4) is 0 Å². The van der Waals surface area contributed by atoms with E-state index in [2.05, 4.69) is 5.32 Å². The van der Waals surface area contributed by atoms with Gasteiger partial charge in [0, 0.05) is 23.0 Å². The molecule has 1 aromatic rings. The second-order valence-corrected chi connectivity index (χ2v) is 4.60. The van der Waals surface area contributed by atoms with Crippen LogP contribution in [0.15, 0.2) is 18.2 Å². The van der Waals surface area contributed by atoms with E-state index in [9.17, 15) is 4.79 Å². The molecule has 0 fully saturated rings. The highest BCUT2D eigenvalue weighted by Crippen LogP contribution is 2.18. The smallest absolute Gasteiger partial charge is 0.251 e. The van der Waals surface area contributed by atoms with Crippen molar-refractivity contribution in [3.05, 3.63) is 34.3 Å². The molecule has 1 atom stereocenters. The molecule has 1 aromatic carbocycles. The molecular formula is C12H15Cl2NO. The van der Waals surface area contributed by atoms with Crippen LogP contribution in [0, 0.1) is 12.8 Å². The summed E-state index contributed by atoms with van der Waals surface area (Å²) in [4.78, 5) is 11.8. The average Bonchev–Trinajstić information content (AvgIpc) is 2.29. The third-order valence-corrected chi connectivity index (χ3v) is 3.32. The minimum absolute atomic E-state index is 0.100. The fourth-order valence-corrected chi connectivity index (χ4v) is 1.55. The van der Waals surface area contributed by atoms with Gasteiger partial charge in [0.1, 0.15) is 0 Å². The third kappa shape index (κ3) is 3.39. The molecule has 0 saturated carbocycles. The molecule has 0 spiro atoms. The van der Waals surface area contributed by atoms with Gasteiger partial charge >= 0.3 is 0 Å². The van der Waals surface area contributed by atoms with Crippen molar-refractivity contribution in [1.29, 1.82) is 0 Å². The zero-order chi connectivity index (χ0) is 12.1. The molecule has 1 unspecified atom stereocenters. The molecule has 16 heavy (non-hydrogen) atoms. The lowest BCUT2D eigenvalue weighted by molar-refractivity contribution is 0.0948. The summed E-state index contributed by atoms with van der Waals surface area (Å²) in [5.74, 6) is 0.705. The number of nitrogens with one attached hydrogen (secondary N) is 1. The van der Waals surface area contributed by atoms with Crippen LogP contribution in [0.1, 0.15) is 22.8 Å². The molecule has 4 heteroatoms. The quantitative estimate of drug-likeness (QED) is 0.827. The summed E-state index contributed by atoms with van der Waals surface area (Å²) in [5.41, 5.74) is 1.43. The molecule has 0 aliphatic rings. The van der Waals surface area contributed by atoms with Crippen LogP contribution in [0.4, 0.5) is 0 Å². The largest absolute Gasteiger partial charge is 0.352 e. The number of rotatable bonds is 4. The van der Waals surface area contributed by atoms with Gasteiger partial charge in [0.2, 0.25) is 0 Å². The highest BCUT2D eigenvalue weighted by atomic mass is 35.5. The lowest BCUT2D eigenvalue weighted by atomic mass is 10.1. The van der Waals surface area contributed by atoms with Crippen LogP contribution in [-0.4, -0.2) is 18.3 Å². The van der Waals surface area contributed by atoms with Gasteiger partial charge in [-0.1, -0.05) is 24.6 Å². The normalized spacial score (nSPS) is 12.2. The fraction of sp³-hybridized carbons (Fsp3) is 0.417. The summed E-state index contributed by atoms with van der Waals surface area (Å²) in [5, 5.41) is 3.44. The van der Waals surface area contributed by atoms with Crippen LogP contribution in [0.25, 0.3) is 0 Å². The molecule has 0 aliphatic heterocycles. The number of carbonyl (C=O) groups excluding carboxylic acids is 1. The Balaban J connectivity index is 2.70. The summed E-state index contributed by atoms with van der Waals surface area (Å²) >= 11 is 11.6. The summed E-state index contributed by atoms with van der Waals surface area (Å²) in [6.07, 6.45) is 0. The Morgan fingerprint density at radius 2 is 2.19 bits per heavy atom. The number of hydrogen-bond acceptors (Lipinski definition) is 1. The van der Waals surface area contributed by atoms with E-state index in [-0.39, 0.29) is 11.8 Å². The van der Waals surface area contributed by atoms with Crippen LogP contribution < -0.4 is 5.32 Å². The number of amides is 1. The first-order valence-corrected chi connectivity index (χ1v) is 6.06. The van der Waals surface area contributed by atoms with Gasteiger partial charge in [0.25, 0.3) is 5.91 Å². The third-order valence-electron chi connectivity index (χ3n) is 2.39. The molecule has 0 heterocycles. The molecule has 88 valence electrons. The number of hydrogen-bond donors (Lipinski definition) is 1. The monoisotopic (exact) mass is 259 g/mol. The molecular weight excluding hydrogens is 245 g/mol. The molecule has 0 radical (unpaired) electrons. The van der Waals surface area contributed by atoms with Crippen molar-refractivity contribution >= 4 is 29.1 Å². The number of carbonyl (C=O) groups is 1. The van der Waals surface area contributed by atoms with E-state index >= 15 is 0 Å². The maximum Gasteiger partial charge on any atom is 0.251 e. The number of halogens is 2. The first-order valence-electron chi connectivity index (χ1n) is 5.15. The Morgan fingerprint density at radius 1 is 1.50 bits per heavy atom. The van der Waals surface area contributed by atoms with Crippen molar-refractivity contribution < 1.29 is 4.79 Å². The van der Waals surface area contributed by atoms with E-state index in [1.54, 1.807) is 18.2 Å². The van der Waals surface area contributed by atoms with Gasteiger partial charge in [-0.3, -0.25) is 4.79 Å². The number of benzene rings is 1. The highest BCUT2D eigenvalue weighted by Gasteiger charge is 2.11. The second-order valence-electron chi connectivity index (χ2n) is 3.88. The molecule has 0 aliphatic carbocycles. The van der Waals surface area contributed by atoms with Crippen LogP contribution in [-0.2, 0) is 0 Å². The van der Waals surface area contributed by atoms with Gasteiger partial charge in [-0.05, 0) is 30.5 Å². The van der Waals surface area contributed by atoms with Crippen LogP contribution in [0.3, 0.4) is 0 Å². The molecule has 0 saturated heterocycles. The molecule has 0 bridgehead atoms. The van der Waals surface area contributed by atoms with E-state index in [0.29, 0.717) is 23.0 Å². The van der Waals surface area contributed by atoms with Crippen molar-refractivity contribution in [1.82, 2.24) is 5.32 Å². The topological polar surface area (TPSA) is 29.1 Å². The summed E-state index contributed by atoms with van der Waals surface area (Å²) in [6.45, 7) is 4.40. The molecule has 2 nitrogen and oxygen atoms in total. The first-order chi connectivity index (χ1) is 7.56. The van der Waals surface area contributed by atoms with E-state index in [4.69, 9.17) is 23.2 Å². The van der Waals surface area contributed by atoms with Gasteiger partial charge < -0.3 is 5.32 Å². The van der Waals surface area contributed by atoms with E-state index in [1.165, 1.54) is 0 Å². The summed E-state index contributed by atoms with van der Waals surface area (Å²) in [7, 11) is 0. The van der Waals surface area contributed by atoms with Gasteiger partial charge in [-0.2, -0.15) is 0 Å². The molecule has 1 amide bonds. The zero-order valence-electron chi connectivity index (χ0n) is 9.39. The van der Waals surface area contributed by atoms with Crippen LogP contribution in [0.2, 0.25) is 5.02 Å². The zero-order valence-corrected chi connectivity index (χ0v) is 10.9. The first kappa shape index (κ1) is 13.3. The second kappa shape index (κ2) is 6.12. The van der Waals surface area contributed by atoms with Gasteiger partial charge in [0.05, 0.1) is 0 Å². The summed E-state index contributed by atoms with van der Waals surface area (Å²) < 4.78 is 0. The Labute approximate surface area is 106 Å². The lowest BCUT2D eigenvalue weighted by Crippen LogP contribution is -2.29. The van der Waals surface area contributed by atoms with Gasteiger partial charge in [-0.25, -0.2) is 0 Å².